The zero-order chi connectivity index (χ0) is 17.4. The molecule has 0 unspecified atom stereocenters. The Balaban J connectivity index is 1.43. The summed E-state index contributed by atoms with van der Waals surface area (Å²) in [7, 11) is 0. The Hall–Kier alpha value is -2.24. The van der Waals surface area contributed by atoms with Gasteiger partial charge in [-0.2, -0.15) is 0 Å². The summed E-state index contributed by atoms with van der Waals surface area (Å²) in [6.07, 6.45) is 4.90. The van der Waals surface area contributed by atoms with Gasteiger partial charge in [-0.25, -0.2) is 4.79 Å². The lowest BCUT2D eigenvalue weighted by molar-refractivity contribution is -0.149. The van der Waals surface area contributed by atoms with Gasteiger partial charge in [-0.3, -0.25) is 4.79 Å². The fourth-order valence-electron chi connectivity index (χ4n) is 4.18. The van der Waals surface area contributed by atoms with Gasteiger partial charge in [0.15, 0.2) is 0 Å². The summed E-state index contributed by atoms with van der Waals surface area (Å²) in [5, 5.41) is 12.6. The van der Waals surface area contributed by atoms with Gasteiger partial charge in [0.2, 0.25) is 0 Å². The second-order valence-corrected chi connectivity index (χ2v) is 7.61. The molecule has 3 fully saturated rings. The fraction of sp³-hybridized carbons (Fsp3) is 0.579. The van der Waals surface area contributed by atoms with Gasteiger partial charge in [0.1, 0.15) is 5.75 Å². The number of urea groups is 1. The van der Waals surface area contributed by atoms with Gasteiger partial charge < -0.3 is 20.1 Å². The van der Waals surface area contributed by atoms with Crippen LogP contribution in [0.5, 0.6) is 5.75 Å². The zero-order valence-electron chi connectivity index (χ0n) is 14.2. The highest BCUT2D eigenvalue weighted by Crippen LogP contribution is 2.49. The van der Waals surface area contributed by atoms with Crippen LogP contribution in [0.3, 0.4) is 0 Å². The number of nitrogens with one attached hydrogen (secondary N) is 1. The molecule has 6 heteroatoms. The van der Waals surface area contributed by atoms with Crippen LogP contribution in [0.2, 0.25) is 0 Å². The molecule has 0 radical (unpaired) electrons. The van der Waals surface area contributed by atoms with E-state index in [1.54, 1.807) is 4.90 Å². The minimum atomic E-state index is -0.765. The Morgan fingerprint density at radius 3 is 2.80 bits per heavy atom. The number of amides is 2. The first kappa shape index (κ1) is 16.2. The Kier molecular flexibility index (Phi) is 4.06. The first-order valence-corrected chi connectivity index (χ1v) is 9.10. The van der Waals surface area contributed by atoms with Crippen molar-refractivity contribution in [2.75, 3.05) is 25.0 Å². The van der Waals surface area contributed by atoms with Gasteiger partial charge >= 0.3 is 12.0 Å². The van der Waals surface area contributed by atoms with E-state index in [9.17, 15) is 14.7 Å². The predicted octanol–water partition coefficient (Wildman–Crippen LogP) is 3.19. The monoisotopic (exact) mass is 344 g/mol. The highest BCUT2D eigenvalue weighted by molar-refractivity contribution is 5.92. The van der Waals surface area contributed by atoms with Crippen molar-refractivity contribution in [1.29, 1.82) is 0 Å². The molecule has 25 heavy (non-hydrogen) atoms. The van der Waals surface area contributed by atoms with Crippen molar-refractivity contribution in [3.05, 3.63) is 24.3 Å². The number of carbonyl (C=O) groups is 2. The number of para-hydroxylation sites is 2. The van der Waals surface area contributed by atoms with E-state index in [0.717, 1.165) is 12.8 Å². The largest absolute Gasteiger partial charge is 0.491 e. The Morgan fingerprint density at radius 2 is 2.08 bits per heavy atom. The summed E-state index contributed by atoms with van der Waals surface area (Å²) in [4.78, 5) is 26.1. The molecule has 2 amide bonds. The summed E-state index contributed by atoms with van der Waals surface area (Å²) in [6.45, 7) is 1.49. The van der Waals surface area contributed by atoms with E-state index in [-0.39, 0.29) is 11.9 Å². The van der Waals surface area contributed by atoms with Crippen LogP contribution in [-0.2, 0) is 4.79 Å². The van der Waals surface area contributed by atoms with E-state index in [4.69, 9.17) is 4.74 Å². The molecule has 2 atom stereocenters. The summed E-state index contributed by atoms with van der Waals surface area (Å²) < 4.78 is 5.83. The fourth-order valence-corrected chi connectivity index (χ4v) is 4.18. The van der Waals surface area contributed by atoms with E-state index in [1.807, 2.05) is 24.3 Å². The number of hydrogen-bond acceptors (Lipinski definition) is 3. The minimum absolute atomic E-state index is 0.0668. The van der Waals surface area contributed by atoms with Crippen LogP contribution >= 0.6 is 0 Å². The molecule has 0 aromatic heterocycles. The van der Waals surface area contributed by atoms with Gasteiger partial charge in [0.25, 0.3) is 0 Å². The third-order valence-electron chi connectivity index (χ3n) is 5.88. The van der Waals surface area contributed by atoms with Crippen molar-refractivity contribution < 1.29 is 19.4 Å². The quantitative estimate of drug-likeness (QED) is 0.860. The second-order valence-electron chi connectivity index (χ2n) is 7.61. The summed E-state index contributed by atoms with van der Waals surface area (Å²) >= 11 is 0. The van der Waals surface area contributed by atoms with Crippen LogP contribution in [0.15, 0.2) is 24.3 Å². The first-order valence-electron chi connectivity index (χ1n) is 9.10. The molecule has 0 bridgehead atoms. The van der Waals surface area contributed by atoms with Crippen molar-refractivity contribution in [3.8, 4) is 5.75 Å². The molecule has 1 aromatic rings. The number of aliphatic carboxylic acids is 1. The number of rotatable bonds is 5. The van der Waals surface area contributed by atoms with Crippen molar-refractivity contribution in [1.82, 2.24) is 4.90 Å². The number of carboxylic acids is 1. The van der Waals surface area contributed by atoms with Gasteiger partial charge in [-0.1, -0.05) is 18.6 Å². The number of carboxylic acid groups (broad SMARTS) is 1. The first-order chi connectivity index (χ1) is 12.1. The molecule has 2 N–H and O–H groups in total. The van der Waals surface area contributed by atoms with Crippen molar-refractivity contribution in [2.45, 2.75) is 32.1 Å². The lowest BCUT2D eigenvalue weighted by Gasteiger charge is -2.23. The molecular weight excluding hydrogens is 320 g/mol. The molecule has 1 saturated heterocycles. The molecule has 1 aromatic carbocycles. The number of carbonyl (C=O) groups excluding carboxylic acids is 1. The topological polar surface area (TPSA) is 78.9 Å². The van der Waals surface area contributed by atoms with E-state index >= 15 is 0 Å². The smallest absolute Gasteiger partial charge is 0.321 e. The van der Waals surface area contributed by atoms with Gasteiger partial charge in [0, 0.05) is 13.1 Å². The molecule has 0 spiro atoms. The number of fused-ring (bicyclic) bond motifs is 1. The zero-order valence-corrected chi connectivity index (χ0v) is 14.2. The maximum Gasteiger partial charge on any atom is 0.321 e. The normalized spacial score (nSPS) is 27.8. The van der Waals surface area contributed by atoms with E-state index in [1.165, 1.54) is 12.8 Å². The molecule has 2 aliphatic carbocycles. The van der Waals surface area contributed by atoms with Crippen molar-refractivity contribution in [3.63, 3.8) is 0 Å². The standard InChI is InChI=1S/C19H24N2O4/c22-17(23)19-9-3-4-14(19)10-21(12-19)18(24)20-15-5-1-2-6-16(15)25-11-13-7-8-13/h1-2,5-6,13-14H,3-4,7-12H2,(H,20,24)(H,22,23)/t14-,19+/m0/s1. The number of ether oxygens (including phenoxy) is 1. The van der Waals surface area contributed by atoms with Crippen LogP contribution in [0.4, 0.5) is 10.5 Å². The predicted molar refractivity (Wildman–Crippen MR) is 92.7 cm³/mol. The Bertz CT molecular complexity index is 688. The highest BCUT2D eigenvalue weighted by Gasteiger charge is 2.55. The molecule has 6 nitrogen and oxygen atoms in total. The van der Waals surface area contributed by atoms with Gasteiger partial charge in [-0.15, -0.1) is 0 Å². The number of benzene rings is 1. The van der Waals surface area contributed by atoms with Gasteiger partial charge in [-0.05, 0) is 49.7 Å². The summed E-state index contributed by atoms with van der Waals surface area (Å²) in [5.41, 5.74) is -0.103. The average molecular weight is 344 g/mol. The van der Waals surface area contributed by atoms with Crippen LogP contribution in [0.25, 0.3) is 0 Å². The van der Waals surface area contributed by atoms with Gasteiger partial charge in [0.05, 0.1) is 17.7 Å². The molecule has 4 rings (SSSR count). The molecule has 1 aliphatic heterocycles. The van der Waals surface area contributed by atoms with E-state index < -0.39 is 11.4 Å². The van der Waals surface area contributed by atoms with E-state index in [2.05, 4.69) is 5.32 Å². The maximum atomic E-state index is 12.7. The second kappa shape index (κ2) is 6.24. The Labute approximate surface area is 147 Å². The molecular formula is C19H24N2O4. The molecule has 1 heterocycles. The van der Waals surface area contributed by atoms with Crippen molar-refractivity contribution in [2.24, 2.45) is 17.3 Å². The van der Waals surface area contributed by atoms with Crippen LogP contribution in [0, 0.1) is 17.3 Å². The minimum Gasteiger partial charge on any atom is -0.491 e. The van der Waals surface area contributed by atoms with Crippen LogP contribution in [-0.4, -0.2) is 41.7 Å². The third kappa shape index (κ3) is 3.05. The van der Waals surface area contributed by atoms with Crippen molar-refractivity contribution >= 4 is 17.7 Å². The Morgan fingerprint density at radius 1 is 1.28 bits per heavy atom. The number of anilines is 1. The molecule has 3 aliphatic rings. The lowest BCUT2D eigenvalue weighted by atomic mass is 9.81. The SMILES string of the molecule is O=C(Nc1ccccc1OCC1CC1)N1C[C@@H]2CCC[C@@]2(C(=O)O)C1. The lowest BCUT2D eigenvalue weighted by Crippen LogP contribution is -2.38. The van der Waals surface area contributed by atoms with Crippen LogP contribution in [0.1, 0.15) is 32.1 Å². The number of likely N-dealkylation sites (tertiary alicyclic amines) is 1. The average Bonchev–Trinajstić information content (AvgIpc) is 3.20. The highest BCUT2D eigenvalue weighted by atomic mass is 16.5. The number of hydrogen-bond donors (Lipinski definition) is 2. The van der Waals surface area contributed by atoms with Crippen LogP contribution < -0.4 is 10.1 Å². The molecule has 2 saturated carbocycles. The summed E-state index contributed by atoms with van der Waals surface area (Å²) in [6, 6.07) is 7.19. The summed E-state index contributed by atoms with van der Waals surface area (Å²) in [5.74, 6) is 0.614. The maximum absolute atomic E-state index is 12.7. The molecule has 134 valence electrons. The van der Waals surface area contributed by atoms with E-state index in [0.29, 0.717) is 43.5 Å². The third-order valence-corrected chi connectivity index (χ3v) is 5.88. The number of nitrogens with zero attached hydrogens (tertiary/aromatic N) is 1.